The molecule has 3 N–H and O–H groups in total. The Balaban J connectivity index is 1.49. The van der Waals surface area contributed by atoms with Crippen LogP contribution in [0, 0.1) is 5.92 Å². The van der Waals surface area contributed by atoms with Crippen LogP contribution in [0.15, 0.2) is 60.7 Å². The van der Waals surface area contributed by atoms with Gasteiger partial charge >= 0.3 is 12.0 Å². The fourth-order valence-electron chi connectivity index (χ4n) is 3.41. The Hall–Kier alpha value is -3.35. The molecule has 1 aliphatic rings. The highest BCUT2D eigenvalue weighted by atomic mass is 16.4. The van der Waals surface area contributed by atoms with E-state index in [1.807, 2.05) is 60.7 Å². The molecule has 0 bridgehead atoms. The summed E-state index contributed by atoms with van der Waals surface area (Å²) in [5.74, 6) is -1.62. The fourth-order valence-corrected chi connectivity index (χ4v) is 3.41. The monoisotopic (exact) mass is 395 g/mol. The molecule has 29 heavy (non-hydrogen) atoms. The highest BCUT2D eigenvalue weighted by Crippen LogP contribution is 2.19. The zero-order valence-electron chi connectivity index (χ0n) is 16.1. The summed E-state index contributed by atoms with van der Waals surface area (Å²) < 4.78 is 0. The van der Waals surface area contributed by atoms with Crippen LogP contribution in [-0.2, 0) is 16.0 Å². The van der Waals surface area contributed by atoms with Crippen molar-refractivity contribution in [2.24, 2.45) is 5.92 Å². The Morgan fingerprint density at radius 1 is 0.966 bits per heavy atom. The minimum absolute atomic E-state index is 0.192. The molecule has 3 amide bonds. The van der Waals surface area contributed by atoms with Gasteiger partial charge in [0.25, 0.3) is 0 Å². The maximum atomic E-state index is 12.6. The van der Waals surface area contributed by atoms with Crippen LogP contribution in [0.3, 0.4) is 0 Å². The number of hydrogen-bond acceptors (Lipinski definition) is 3. The minimum Gasteiger partial charge on any atom is -0.480 e. The molecule has 152 valence electrons. The summed E-state index contributed by atoms with van der Waals surface area (Å²) in [6.45, 7) is 0.903. The van der Waals surface area contributed by atoms with Gasteiger partial charge < -0.3 is 20.6 Å². The molecule has 0 saturated carbocycles. The number of carbonyl (C=O) groups excluding carboxylic acids is 2. The van der Waals surface area contributed by atoms with Gasteiger partial charge in [-0.1, -0.05) is 48.5 Å². The third-order valence-corrected chi connectivity index (χ3v) is 5.08. The molecule has 0 spiro atoms. The standard InChI is InChI=1S/C22H25N3O4/c26-20(24-19(21(27)28)15-16-7-3-1-4-8-16)17-11-13-25(14-12-17)22(29)23-18-9-5-2-6-10-18/h1-10,17,19H,11-15H2,(H,23,29)(H,24,26)(H,27,28)/t19-/m1/s1. The average Bonchev–Trinajstić information content (AvgIpc) is 2.74. The highest BCUT2D eigenvalue weighted by Gasteiger charge is 2.30. The Morgan fingerprint density at radius 2 is 1.55 bits per heavy atom. The highest BCUT2D eigenvalue weighted by molar-refractivity contribution is 5.90. The number of rotatable bonds is 6. The number of carboxylic acid groups (broad SMARTS) is 1. The van der Waals surface area contributed by atoms with Crippen molar-refractivity contribution < 1.29 is 19.5 Å². The summed E-state index contributed by atoms with van der Waals surface area (Å²) in [7, 11) is 0. The molecular formula is C22H25N3O4. The summed E-state index contributed by atoms with van der Waals surface area (Å²) in [4.78, 5) is 38.2. The molecule has 1 atom stereocenters. The van der Waals surface area contributed by atoms with E-state index in [0.717, 1.165) is 11.3 Å². The van der Waals surface area contributed by atoms with Crippen LogP contribution in [0.1, 0.15) is 18.4 Å². The number of carbonyl (C=O) groups is 3. The third kappa shape index (κ3) is 5.81. The molecule has 1 fully saturated rings. The second kappa shape index (κ2) is 9.73. The average molecular weight is 395 g/mol. The Bertz CT molecular complexity index is 834. The summed E-state index contributed by atoms with van der Waals surface area (Å²) in [6.07, 6.45) is 1.25. The molecule has 1 heterocycles. The second-order valence-corrected chi connectivity index (χ2v) is 7.15. The molecule has 3 rings (SSSR count). The number of piperidine rings is 1. The zero-order valence-corrected chi connectivity index (χ0v) is 16.1. The molecule has 0 unspecified atom stereocenters. The zero-order chi connectivity index (χ0) is 20.6. The topological polar surface area (TPSA) is 98.7 Å². The van der Waals surface area contributed by atoms with Crippen molar-refractivity contribution >= 4 is 23.6 Å². The lowest BCUT2D eigenvalue weighted by atomic mass is 9.95. The lowest BCUT2D eigenvalue weighted by molar-refractivity contribution is -0.142. The Kier molecular flexibility index (Phi) is 6.84. The maximum absolute atomic E-state index is 12.6. The number of aliphatic carboxylic acids is 1. The van der Waals surface area contributed by atoms with E-state index >= 15 is 0 Å². The van der Waals surface area contributed by atoms with Crippen molar-refractivity contribution in [1.82, 2.24) is 10.2 Å². The Labute approximate surface area is 169 Å². The van der Waals surface area contributed by atoms with Crippen LogP contribution in [0.4, 0.5) is 10.5 Å². The number of likely N-dealkylation sites (tertiary alicyclic amines) is 1. The minimum atomic E-state index is -1.05. The van der Waals surface area contributed by atoms with Crippen LogP contribution < -0.4 is 10.6 Å². The van der Waals surface area contributed by atoms with E-state index < -0.39 is 12.0 Å². The summed E-state index contributed by atoms with van der Waals surface area (Å²) in [6, 6.07) is 17.3. The molecule has 7 heteroatoms. The van der Waals surface area contributed by atoms with Crippen molar-refractivity contribution in [2.45, 2.75) is 25.3 Å². The van der Waals surface area contributed by atoms with Gasteiger partial charge in [-0.15, -0.1) is 0 Å². The van der Waals surface area contributed by atoms with Gasteiger partial charge in [0, 0.05) is 31.1 Å². The van der Waals surface area contributed by atoms with Gasteiger partial charge in [0.1, 0.15) is 6.04 Å². The lowest BCUT2D eigenvalue weighted by Crippen LogP contribution is -2.48. The first-order chi connectivity index (χ1) is 14.0. The first-order valence-electron chi connectivity index (χ1n) is 9.71. The van der Waals surface area contributed by atoms with Crippen molar-refractivity contribution in [3.63, 3.8) is 0 Å². The van der Waals surface area contributed by atoms with E-state index in [2.05, 4.69) is 10.6 Å². The van der Waals surface area contributed by atoms with E-state index in [1.165, 1.54) is 0 Å². The summed E-state index contributed by atoms with van der Waals surface area (Å²) in [5, 5.41) is 15.0. The first kappa shape index (κ1) is 20.4. The number of nitrogens with one attached hydrogen (secondary N) is 2. The first-order valence-corrected chi connectivity index (χ1v) is 9.71. The number of anilines is 1. The molecule has 0 aromatic heterocycles. The summed E-state index contributed by atoms with van der Waals surface area (Å²) >= 11 is 0. The number of urea groups is 1. The molecule has 7 nitrogen and oxygen atoms in total. The number of nitrogens with zero attached hydrogens (tertiary/aromatic N) is 1. The van der Waals surface area contributed by atoms with Gasteiger partial charge in [0.2, 0.25) is 5.91 Å². The van der Waals surface area contributed by atoms with Crippen LogP contribution in [0.2, 0.25) is 0 Å². The van der Waals surface area contributed by atoms with E-state index in [4.69, 9.17) is 0 Å². The number of amides is 3. The maximum Gasteiger partial charge on any atom is 0.326 e. The normalized spacial score (nSPS) is 15.4. The number of para-hydroxylation sites is 1. The van der Waals surface area contributed by atoms with E-state index in [9.17, 15) is 19.5 Å². The molecule has 1 aliphatic heterocycles. The van der Waals surface area contributed by atoms with Gasteiger partial charge in [-0.25, -0.2) is 9.59 Å². The van der Waals surface area contributed by atoms with Crippen molar-refractivity contribution in [3.8, 4) is 0 Å². The molecular weight excluding hydrogens is 370 g/mol. The predicted molar refractivity (Wildman–Crippen MR) is 109 cm³/mol. The number of carboxylic acids is 1. The van der Waals surface area contributed by atoms with Gasteiger partial charge in [-0.05, 0) is 30.5 Å². The quantitative estimate of drug-likeness (QED) is 0.700. The predicted octanol–water partition coefficient (Wildman–Crippen LogP) is 2.74. The van der Waals surface area contributed by atoms with E-state index in [1.54, 1.807) is 4.90 Å². The molecule has 2 aromatic rings. The van der Waals surface area contributed by atoms with Gasteiger partial charge in [-0.3, -0.25) is 4.79 Å². The van der Waals surface area contributed by atoms with Gasteiger partial charge in [0.15, 0.2) is 0 Å². The largest absolute Gasteiger partial charge is 0.480 e. The molecule has 0 radical (unpaired) electrons. The van der Waals surface area contributed by atoms with Crippen molar-refractivity contribution in [1.29, 1.82) is 0 Å². The molecule has 2 aromatic carbocycles. The molecule has 0 aliphatic carbocycles. The summed E-state index contributed by atoms with van der Waals surface area (Å²) in [5.41, 5.74) is 1.58. The lowest BCUT2D eigenvalue weighted by Gasteiger charge is -2.32. The Morgan fingerprint density at radius 3 is 2.14 bits per heavy atom. The van der Waals surface area contributed by atoms with Gasteiger partial charge in [-0.2, -0.15) is 0 Å². The fraction of sp³-hybridized carbons (Fsp3) is 0.318. The van der Waals surface area contributed by atoms with Crippen LogP contribution >= 0.6 is 0 Å². The SMILES string of the molecule is O=C(N[C@H](Cc1ccccc1)C(=O)O)C1CCN(C(=O)Nc2ccccc2)CC1. The smallest absolute Gasteiger partial charge is 0.326 e. The second-order valence-electron chi connectivity index (χ2n) is 7.15. The van der Waals surface area contributed by atoms with Crippen molar-refractivity contribution in [3.05, 3.63) is 66.2 Å². The number of hydrogen-bond donors (Lipinski definition) is 3. The van der Waals surface area contributed by atoms with Crippen molar-refractivity contribution in [2.75, 3.05) is 18.4 Å². The van der Waals surface area contributed by atoms with Crippen LogP contribution in [-0.4, -0.2) is 47.0 Å². The molecule has 1 saturated heterocycles. The van der Waals surface area contributed by atoms with Crippen LogP contribution in [0.25, 0.3) is 0 Å². The van der Waals surface area contributed by atoms with E-state index in [0.29, 0.717) is 25.9 Å². The van der Waals surface area contributed by atoms with Crippen LogP contribution in [0.5, 0.6) is 0 Å². The van der Waals surface area contributed by atoms with E-state index in [-0.39, 0.29) is 24.3 Å². The van der Waals surface area contributed by atoms with Gasteiger partial charge in [0.05, 0.1) is 0 Å². The number of benzene rings is 2. The third-order valence-electron chi connectivity index (χ3n) is 5.08.